The van der Waals surface area contributed by atoms with Crippen molar-refractivity contribution in [2.24, 2.45) is 0 Å². The van der Waals surface area contributed by atoms with Gasteiger partial charge >= 0.3 is 0 Å². The predicted octanol–water partition coefficient (Wildman–Crippen LogP) is 6.57. The van der Waals surface area contributed by atoms with E-state index in [1.807, 2.05) is 0 Å². The minimum Gasteiger partial charge on any atom is -0.380 e. The van der Waals surface area contributed by atoms with Gasteiger partial charge in [0.2, 0.25) is 0 Å². The first-order valence-corrected chi connectivity index (χ1v) is 7.18. The van der Waals surface area contributed by atoms with Gasteiger partial charge in [-0.25, -0.2) is 0 Å². The van der Waals surface area contributed by atoms with E-state index in [0.29, 0.717) is 37.3 Å². The Morgan fingerprint density at radius 2 is 1.42 bits per heavy atom. The van der Waals surface area contributed by atoms with E-state index >= 15 is 0 Å². The van der Waals surface area contributed by atoms with Crippen LogP contribution in [0.2, 0.25) is 25.1 Å². The molecule has 1 nitrogen and oxygen atoms in total. The van der Waals surface area contributed by atoms with Crippen molar-refractivity contribution in [1.29, 1.82) is 0 Å². The zero-order valence-electron chi connectivity index (χ0n) is 9.48. The molecule has 0 aliphatic carbocycles. The Morgan fingerprint density at radius 3 is 2.16 bits per heavy atom. The van der Waals surface area contributed by atoms with Gasteiger partial charge in [-0.3, -0.25) is 0 Å². The first-order valence-electron chi connectivity index (χ1n) is 5.29. The third-order valence-corrected chi connectivity index (χ3v) is 4.13. The summed E-state index contributed by atoms with van der Waals surface area (Å²) in [5.74, 6) is 0. The zero-order chi connectivity index (χ0) is 14.0. The van der Waals surface area contributed by atoms with Crippen LogP contribution >= 0.6 is 58.0 Å². The van der Waals surface area contributed by atoms with E-state index < -0.39 is 0 Å². The highest BCUT2D eigenvalue weighted by Crippen LogP contribution is 2.33. The second-order valence-electron chi connectivity index (χ2n) is 3.84. The van der Waals surface area contributed by atoms with Crippen LogP contribution in [0.25, 0.3) is 0 Å². The molecule has 2 aromatic rings. The van der Waals surface area contributed by atoms with Crippen LogP contribution in [-0.2, 0) is 6.54 Å². The lowest BCUT2D eigenvalue weighted by atomic mass is 10.2. The van der Waals surface area contributed by atoms with Crippen molar-refractivity contribution in [3.8, 4) is 0 Å². The SMILES string of the molecule is Clc1ccc(Cl)c(CNc2cc(Cl)c(Cl)cc2Cl)c1. The Morgan fingerprint density at radius 1 is 0.737 bits per heavy atom. The van der Waals surface area contributed by atoms with Crippen LogP contribution < -0.4 is 5.32 Å². The summed E-state index contributed by atoms with van der Waals surface area (Å²) < 4.78 is 0. The molecule has 0 aromatic heterocycles. The molecule has 0 fully saturated rings. The van der Waals surface area contributed by atoms with Crippen molar-refractivity contribution < 1.29 is 0 Å². The zero-order valence-corrected chi connectivity index (χ0v) is 13.3. The molecule has 0 spiro atoms. The molecule has 2 aromatic carbocycles. The molecule has 0 aliphatic heterocycles. The lowest BCUT2D eigenvalue weighted by Crippen LogP contribution is -2.00. The fourth-order valence-corrected chi connectivity index (χ4v) is 2.52. The molecule has 6 heteroatoms. The van der Waals surface area contributed by atoms with Crippen LogP contribution in [0.3, 0.4) is 0 Å². The molecule has 0 radical (unpaired) electrons. The highest BCUT2D eigenvalue weighted by atomic mass is 35.5. The summed E-state index contributed by atoms with van der Waals surface area (Å²) in [5.41, 5.74) is 1.56. The average molecular weight is 355 g/mol. The first-order chi connectivity index (χ1) is 8.97. The number of hydrogen-bond donors (Lipinski definition) is 1. The Labute approximate surface area is 136 Å². The minimum atomic E-state index is 0.415. The van der Waals surface area contributed by atoms with Crippen molar-refractivity contribution in [3.05, 3.63) is 61.0 Å². The lowest BCUT2D eigenvalue weighted by molar-refractivity contribution is 1.15. The van der Waals surface area contributed by atoms with Crippen molar-refractivity contribution >= 4 is 63.7 Å². The Kier molecular flexibility index (Phi) is 5.10. The van der Waals surface area contributed by atoms with Gasteiger partial charge in [0.1, 0.15) is 0 Å². The number of anilines is 1. The van der Waals surface area contributed by atoms with E-state index in [0.717, 1.165) is 5.56 Å². The molecule has 2 rings (SSSR count). The summed E-state index contributed by atoms with van der Waals surface area (Å²) in [6.07, 6.45) is 0. The number of nitrogens with one attached hydrogen (secondary N) is 1. The highest BCUT2D eigenvalue weighted by molar-refractivity contribution is 6.44. The number of halogens is 5. The van der Waals surface area contributed by atoms with E-state index in [4.69, 9.17) is 58.0 Å². The highest BCUT2D eigenvalue weighted by Gasteiger charge is 2.07. The van der Waals surface area contributed by atoms with Crippen molar-refractivity contribution in [2.45, 2.75) is 6.54 Å². The smallest absolute Gasteiger partial charge is 0.0653 e. The third-order valence-electron chi connectivity index (χ3n) is 2.49. The van der Waals surface area contributed by atoms with Gasteiger partial charge in [0.15, 0.2) is 0 Å². The van der Waals surface area contributed by atoms with Crippen LogP contribution in [-0.4, -0.2) is 0 Å². The number of rotatable bonds is 3. The third kappa shape index (κ3) is 3.84. The summed E-state index contributed by atoms with van der Waals surface area (Å²) in [5, 5.41) is 5.75. The van der Waals surface area contributed by atoms with Crippen LogP contribution in [0, 0.1) is 0 Å². The molecule has 0 amide bonds. The molecular formula is C13H8Cl5N. The van der Waals surface area contributed by atoms with E-state index in [-0.39, 0.29) is 0 Å². The fourth-order valence-electron chi connectivity index (χ4n) is 1.53. The number of hydrogen-bond acceptors (Lipinski definition) is 1. The number of benzene rings is 2. The Bertz CT molecular complexity index is 612. The average Bonchev–Trinajstić information content (AvgIpc) is 2.36. The second kappa shape index (κ2) is 6.43. The monoisotopic (exact) mass is 353 g/mol. The molecular weight excluding hydrogens is 347 g/mol. The second-order valence-corrected chi connectivity index (χ2v) is 5.90. The Hall–Kier alpha value is -0.310. The summed E-state index contributed by atoms with van der Waals surface area (Å²) in [6.45, 7) is 0.483. The molecule has 0 heterocycles. The summed E-state index contributed by atoms with van der Waals surface area (Å²) in [6, 6.07) is 8.54. The Balaban J connectivity index is 2.19. The topological polar surface area (TPSA) is 12.0 Å². The van der Waals surface area contributed by atoms with Gasteiger partial charge in [-0.1, -0.05) is 58.0 Å². The fraction of sp³-hybridized carbons (Fsp3) is 0.0769. The van der Waals surface area contributed by atoms with Crippen molar-refractivity contribution in [2.75, 3.05) is 5.32 Å². The summed E-state index contributed by atoms with van der Waals surface area (Å²) >= 11 is 29.9. The van der Waals surface area contributed by atoms with Crippen LogP contribution in [0.15, 0.2) is 30.3 Å². The standard InChI is InChI=1S/C13H8Cl5N/c14-8-1-2-9(15)7(3-8)6-19-13-5-11(17)10(16)4-12(13)18/h1-5,19H,6H2. The van der Waals surface area contributed by atoms with E-state index in [2.05, 4.69) is 5.32 Å². The van der Waals surface area contributed by atoms with Crippen LogP contribution in [0.5, 0.6) is 0 Å². The first kappa shape index (κ1) is 15.1. The predicted molar refractivity (Wildman–Crippen MR) is 85.3 cm³/mol. The largest absolute Gasteiger partial charge is 0.380 e. The van der Waals surface area contributed by atoms with Gasteiger partial charge in [0, 0.05) is 16.6 Å². The van der Waals surface area contributed by atoms with Crippen molar-refractivity contribution in [1.82, 2.24) is 0 Å². The van der Waals surface area contributed by atoms with Gasteiger partial charge < -0.3 is 5.32 Å². The minimum absolute atomic E-state index is 0.415. The maximum absolute atomic E-state index is 6.08. The van der Waals surface area contributed by atoms with Crippen LogP contribution in [0.1, 0.15) is 5.56 Å². The molecule has 100 valence electrons. The lowest BCUT2D eigenvalue weighted by Gasteiger charge is -2.11. The van der Waals surface area contributed by atoms with Gasteiger partial charge in [-0.15, -0.1) is 0 Å². The van der Waals surface area contributed by atoms with E-state index in [1.165, 1.54) is 0 Å². The van der Waals surface area contributed by atoms with Gasteiger partial charge in [0.25, 0.3) is 0 Å². The molecule has 0 aliphatic rings. The van der Waals surface area contributed by atoms with Gasteiger partial charge in [0.05, 0.1) is 20.8 Å². The van der Waals surface area contributed by atoms with E-state index in [9.17, 15) is 0 Å². The quantitative estimate of drug-likeness (QED) is 0.614. The normalized spacial score (nSPS) is 10.6. The maximum atomic E-state index is 6.08. The molecule has 0 saturated heterocycles. The molecule has 19 heavy (non-hydrogen) atoms. The summed E-state index contributed by atoms with van der Waals surface area (Å²) in [7, 11) is 0. The summed E-state index contributed by atoms with van der Waals surface area (Å²) in [4.78, 5) is 0. The molecule has 0 bridgehead atoms. The van der Waals surface area contributed by atoms with E-state index in [1.54, 1.807) is 30.3 Å². The van der Waals surface area contributed by atoms with Crippen LogP contribution in [0.4, 0.5) is 5.69 Å². The molecule has 1 N–H and O–H groups in total. The molecule has 0 unspecified atom stereocenters. The molecule has 0 atom stereocenters. The van der Waals surface area contributed by atoms with Crippen molar-refractivity contribution in [3.63, 3.8) is 0 Å². The van der Waals surface area contributed by atoms with Gasteiger partial charge in [-0.2, -0.15) is 0 Å². The van der Waals surface area contributed by atoms with Gasteiger partial charge in [-0.05, 0) is 35.9 Å². The molecule has 0 saturated carbocycles. The maximum Gasteiger partial charge on any atom is 0.0653 e.